The minimum Gasteiger partial charge on any atom is -0.489 e. The summed E-state index contributed by atoms with van der Waals surface area (Å²) in [6.45, 7) is 2.19. The van der Waals surface area contributed by atoms with Crippen LogP contribution in [0.3, 0.4) is 0 Å². The highest BCUT2D eigenvalue weighted by molar-refractivity contribution is 5.36. The monoisotopic (exact) mass is 297 g/mol. The van der Waals surface area contributed by atoms with Crippen molar-refractivity contribution in [2.75, 3.05) is 13.2 Å². The van der Waals surface area contributed by atoms with Gasteiger partial charge in [0.1, 0.15) is 12.4 Å². The Labute approximate surface area is 132 Å². The lowest BCUT2D eigenvalue weighted by Crippen LogP contribution is -2.27. The highest BCUT2D eigenvalue weighted by atomic mass is 16.5. The SMILES string of the molecule is N[C@@H](c1ccccc1OCc1ccccc1)C1CCOCC1. The number of hydrogen-bond acceptors (Lipinski definition) is 3. The van der Waals surface area contributed by atoms with Gasteiger partial charge in [0.05, 0.1) is 0 Å². The van der Waals surface area contributed by atoms with Crippen molar-refractivity contribution in [3.63, 3.8) is 0 Å². The van der Waals surface area contributed by atoms with E-state index in [1.807, 2.05) is 36.4 Å². The molecule has 1 heterocycles. The molecule has 3 rings (SSSR count). The molecule has 0 unspecified atom stereocenters. The van der Waals surface area contributed by atoms with Gasteiger partial charge in [0.2, 0.25) is 0 Å². The maximum absolute atomic E-state index is 6.50. The number of ether oxygens (including phenoxy) is 2. The van der Waals surface area contributed by atoms with Crippen LogP contribution < -0.4 is 10.5 Å². The van der Waals surface area contributed by atoms with Gasteiger partial charge < -0.3 is 15.2 Å². The van der Waals surface area contributed by atoms with E-state index in [0.29, 0.717) is 12.5 Å². The molecule has 2 N–H and O–H groups in total. The molecule has 0 saturated carbocycles. The van der Waals surface area contributed by atoms with E-state index in [9.17, 15) is 0 Å². The molecule has 3 heteroatoms. The molecule has 1 atom stereocenters. The van der Waals surface area contributed by atoms with E-state index in [-0.39, 0.29) is 6.04 Å². The Hall–Kier alpha value is -1.84. The molecule has 3 nitrogen and oxygen atoms in total. The van der Waals surface area contributed by atoms with Crippen molar-refractivity contribution in [3.05, 3.63) is 65.7 Å². The molecule has 0 aliphatic carbocycles. The fourth-order valence-electron chi connectivity index (χ4n) is 2.95. The van der Waals surface area contributed by atoms with Crippen LogP contribution in [0.4, 0.5) is 0 Å². The zero-order valence-corrected chi connectivity index (χ0v) is 12.8. The Balaban J connectivity index is 1.71. The third kappa shape index (κ3) is 3.67. The highest BCUT2D eigenvalue weighted by Gasteiger charge is 2.24. The number of nitrogens with two attached hydrogens (primary N) is 1. The summed E-state index contributed by atoms with van der Waals surface area (Å²) in [6, 6.07) is 18.3. The fraction of sp³-hybridized carbons (Fsp3) is 0.368. The van der Waals surface area contributed by atoms with Gasteiger partial charge in [-0.2, -0.15) is 0 Å². The molecule has 116 valence electrons. The van der Waals surface area contributed by atoms with Crippen molar-refractivity contribution in [1.29, 1.82) is 0 Å². The largest absolute Gasteiger partial charge is 0.489 e. The van der Waals surface area contributed by atoms with Crippen LogP contribution in [0.2, 0.25) is 0 Å². The quantitative estimate of drug-likeness (QED) is 0.915. The van der Waals surface area contributed by atoms with Crippen molar-refractivity contribution < 1.29 is 9.47 Å². The van der Waals surface area contributed by atoms with Gasteiger partial charge in [0, 0.05) is 24.8 Å². The number of benzene rings is 2. The Morgan fingerprint density at radius 2 is 1.68 bits per heavy atom. The first-order valence-electron chi connectivity index (χ1n) is 7.93. The van der Waals surface area contributed by atoms with Crippen LogP contribution in [0, 0.1) is 5.92 Å². The second kappa shape index (κ2) is 7.43. The van der Waals surface area contributed by atoms with Crippen LogP contribution >= 0.6 is 0 Å². The van der Waals surface area contributed by atoms with Crippen molar-refractivity contribution in [1.82, 2.24) is 0 Å². The van der Waals surface area contributed by atoms with Crippen LogP contribution in [0.15, 0.2) is 54.6 Å². The molecule has 0 amide bonds. The highest BCUT2D eigenvalue weighted by Crippen LogP contribution is 2.33. The molecule has 0 bridgehead atoms. The number of para-hydroxylation sites is 1. The molecule has 2 aromatic rings. The third-order valence-electron chi connectivity index (χ3n) is 4.29. The topological polar surface area (TPSA) is 44.5 Å². The third-order valence-corrected chi connectivity index (χ3v) is 4.29. The van der Waals surface area contributed by atoms with Crippen molar-refractivity contribution in [2.24, 2.45) is 11.7 Å². The van der Waals surface area contributed by atoms with E-state index in [4.69, 9.17) is 15.2 Å². The summed E-state index contributed by atoms with van der Waals surface area (Å²) >= 11 is 0. The number of hydrogen-bond donors (Lipinski definition) is 1. The Kier molecular flexibility index (Phi) is 5.09. The minimum atomic E-state index is 0.0101. The fourth-order valence-corrected chi connectivity index (χ4v) is 2.95. The lowest BCUT2D eigenvalue weighted by molar-refractivity contribution is 0.0580. The lowest BCUT2D eigenvalue weighted by Gasteiger charge is -2.29. The number of rotatable bonds is 5. The summed E-state index contributed by atoms with van der Waals surface area (Å²) in [6.07, 6.45) is 2.04. The van der Waals surface area contributed by atoms with Gasteiger partial charge in [0.25, 0.3) is 0 Å². The van der Waals surface area contributed by atoms with Crippen LogP contribution in [0.5, 0.6) is 5.75 Å². The van der Waals surface area contributed by atoms with Crippen LogP contribution in [0.25, 0.3) is 0 Å². The summed E-state index contributed by atoms with van der Waals surface area (Å²) in [5.41, 5.74) is 8.77. The summed E-state index contributed by atoms with van der Waals surface area (Å²) in [5, 5.41) is 0. The predicted molar refractivity (Wildman–Crippen MR) is 87.7 cm³/mol. The van der Waals surface area contributed by atoms with Gasteiger partial charge in [-0.3, -0.25) is 0 Å². The van der Waals surface area contributed by atoms with E-state index in [1.165, 1.54) is 0 Å². The van der Waals surface area contributed by atoms with Crippen molar-refractivity contribution in [2.45, 2.75) is 25.5 Å². The molecule has 22 heavy (non-hydrogen) atoms. The Bertz CT molecular complexity index is 579. The zero-order valence-electron chi connectivity index (χ0n) is 12.8. The van der Waals surface area contributed by atoms with Gasteiger partial charge >= 0.3 is 0 Å². The maximum Gasteiger partial charge on any atom is 0.124 e. The molecule has 0 radical (unpaired) electrons. The van der Waals surface area contributed by atoms with E-state index >= 15 is 0 Å². The van der Waals surface area contributed by atoms with E-state index in [0.717, 1.165) is 42.9 Å². The second-order valence-corrected chi connectivity index (χ2v) is 5.79. The first kappa shape index (κ1) is 15.1. The molecule has 1 aliphatic heterocycles. The van der Waals surface area contributed by atoms with Gasteiger partial charge in [-0.25, -0.2) is 0 Å². The second-order valence-electron chi connectivity index (χ2n) is 5.79. The normalized spacial score (nSPS) is 17.1. The van der Waals surface area contributed by atoms with Crippen molar-refractivity contribution >= 4 is 0 Å². The molecule has 0 aromatic heterocycles. The summed E-state index contributed by atoms with van der Waals surface area (Å²) in [5.74, 6) is 1.36. The molecule has 1 aliphatic rings. The predicted octanol–water partition coefficient (Wildman–Crippen LogP) is 3.69. The first-order chi connectivity index (χ1) is 10.8. The van der Waals surface area contributed by atoms with Gasteiger partial charge in [-0.1, -0.05) is 48.5 Å². The van der Waals surface area contributed by atoms with Gasteiger partial charge in [-0.15, -0.1) is 0 Å². The lowest BCUT2D eigenvalue weighted by atomic mass is 9.87. The average molecular weight is 297 g/mol. The van der Waals surface area contributed by atoms with E-state index < -0.39 is 0 Å². The summed E-state index contributed by atoms with van der Waals surface area (Å²) in [7, 11) is 0. The first-order valence-corrected chi connectivity index (χ1v) is 7.93. The van der Waals surface area contributed by atoms with Gasteiger partial charge in [-0.05, 0) is 30.4 Å². The molecule has 2 aromatic carbocycles. The zero-order chi connectivity index (χ0) is 15.2. The molecular formula is C19H23NO2. The standard InChI is InChI=1S/C19H23NO2/c20-19(16-10-12-21-13-11-16)17-8-4-5-9-18(17)22-14-15-6-2-1-3-7-15/h1-9,16,19H,10-14,20H2/t19-/m1/s1. The van der Waals surface area contributed by atoms with E-state index in [1.54, 1.807) is 0 Å². The van der Waals surface area contributed by atoms with Crippen LogP contribution in [-0.4, -0.2) is 13.2 Å². The Morgan fingerprint density at radius 3 is 2.45 bits per heavy atom. The van der Waals surface area contributed by atoms with Crippen LogP contribution in [-0.2, 0) is 11.3 Å². The van der Waals surface area contributed by atoms with E-state index in [2.05, 4.69) is 18.2 Å². The Morgan fingerprint density at radius 1 is 1.00 bits per heavy atom. The molecule has 1 saturated heterocycles. The summed E-state index contributed by atoms with van der Waals surface area (Å²) < 4.78 is 11.5. The smallest absolute Gasteiger partial charge is 0.124 e. The van der Waals surface area contributed by atoms with Crippen molar-refractivity contribution in [3.8, 4) is 5.75 Å². The van der Waals surface area contributed by atoms with Gasteiger partial charge in [0.15, 0.2) is 0 Å². The maximum atomic E-state index is 6.50. The molecule has 1 fully saturated rings. The molecular weight excluding hydrogens is 274 g/mol. The summed E-state index contributed by atoms with van der Waals surface area (Å²) in [4.78, 5) is 0. The van der Waals surface area contributed by atoms with Crippen LogP contribution in [0.1, 0.15) is 30.0 Å². The molecule has 0 spiro atoms. The minimum absolute atomic E-state index is 0.0101. The average Bonchev–Trinajstić information content (AvgIpc) is 2.61.